The molecule has 1 N–H and O–H groups in total. The van der Waals surface area contributed by atoms with Crippen molar-refractivity contribution >= 4 is 29.1 Å². The van der Waals surface area contributed by atoms with Crippen LogP contribution >= 0.6 is 0 Å². The molecule has 0 bridgehead atoms. The van der Waals surface area contributed by atoms with E-state index in [0.29, 0.717) is 11.4 Å². The van der Waals surface area contributed by atoms with Gasteiger partial charge in [-0.2, -0.15) is 10.4 Å². The van der Waals surface area contributed by atoms with E-state index in [-0.39, 0.29) is 11.6 Å². The average molecular weight is 499 g/mol. The summed E-state index contributed by atoms with van der Waals surface area (Å²) in [5, 5.41) is 19.4. The number of para-hydroxylation sites is 2. The second-order valence-corrected chi connectivity index (χ2v) is 8.80. The summed E-state index contributed by atoms with van der Waals surface area (Å²) >= 11 is 0. The number of benzene rings is 4. The number of hydrogen-bond acceptors (Lipinski definition) is 5. The maximum atomic E-state index is 12.8. The highest BCUT2D eigenvalue weighted by molar-refractivity contribution is 6.10. The third-order valence-corrected chi connectivity index (χ3v) is 6.39. The van der Waals surface area contributed by atoms with Gasteiger partial charge in [-0.25, -0.2) is 0 Å². The highest BCUT2D eigenvalue weighted by Crippen LogP contribution is 2.36. The lowest BCUT2D eigenvalue weighted by molar-refractivity contribution is -0.112. The van der Waals surface area contributed by atoms with E-state index < -0.39 is 5.91 Å². The number of methoxy groups -OCH3 is 1. The molecule has 5 rings (SSSR count). The maximum Gasteiger partial charge on any atom is 0.266 e. The lowest BCUT2D eigenvalue weighted by atomic mass is 9.98. The molecular weight excluding hydrogens is 472 g/mol. The van der Waals surface area contributed by atoms with Gasteiger partial charge in [0.1, 0.15) is 17.4 Å². The second kappa shape index (κ2) is 11.3. The number of hydrazone groups is 1. The zero-order valence-electron chi connectivity index (χ0n) is 20.9. The first-order valence-electron chi connectivity index (χ1n) is 12.3. The molecule has 0 spiro atoms. The molecule has 4 aromatic carbocycles. The van der Waals surface area contributed by atoms with Gasteiger partial charge in [0.15, 0.2) is 0 Å². The largest absolute Gasteiger partial charge is 0.495 e. The number of nitriles is 1. The normalized spacial score (nSPS) is 14.9. The van der Waals surface area contributed by atoms with Gasteiger partial charge < -0.3 is 10.1 Å². The maximum absolute atomic E-state index is 12.8. The summed E-state index contributed by atoms with van der Waals surface area (Å²) in [5.41, 5.74) is 5.49. The van der Waals surface area contributed by atoms with E-state index >= 15 is 0 Å². The van der Waals surface area contributed by atoms with Crippen LogP contribution in [0.5, 0.6) is 5.75 Å². The summed E-state index contributed by atoms with van der Waals surface area (Å²) < 4.78 is 5.28. The van der Waals surface area contributed by atoms with Gasteiger partial charge in [-0.1, -0.05) is 84.9 Å². The predicted molar refractivity (Wildman–Crippen MR) is 151 cm³/mol. The van der Waals surface area contributed by atoms with Crippen molar-refractivity contribution in [3.63, 3.8) is 0 Å². The first-order valence-corrected chi connectivity index (χ1v) is 12.3. The van der Waals surface area contributed by atoms with Crippen LogP contribution in [0.4, 0.5) is 11.4 Å². The molecule has 6 heteroatoms. The Morgan fingerprint density at radius 2 is 1.61 bits per heavy atom. The van der Waals surface area contributed by atoms with E-state index in [1.165, 1.54) is 12.7 Å². The van der Waals surface area contributed by atoms with Crippen molar-refractivity contribution in [2.75, 3.05) is 17.4 Å². The zero-order valence-corrected chi connectivity index (χ0v) is 20.9. The van der Waals surface area contributed by atoms with Gasteiger partial charge in [-0.15, -0.1) is 0 Å². The minimum atomic E-state index is -0.498. The molecule has 186 valence electrons. The van der Waals surface area contributed by atoms with E-state index in [0.717, 1.165) is 28.9 Å². The van der Waals surface area contributed by atoms with Crippen LogP contribution in [0.3, 0.4) is 0 Å². The van der Waals surface area contributed by atoms with Crippen molar-refractivity contribution in [3.8, 4) is 11.8 Å². The minimum Gasteiger partial charge on any atom is -0.495 e. The molecule has 6 nitrogen and oxygen atoms in total. The summed E-state index contributed by atoms with van der Waals surface area (Å²) in [5.74, 6) is 0.0263. The van der Waals surface area contributed by atoms with E-state index in [4.69, 9.17) is 9.84 Å². The van der Waals surface area contributed by atoms with Gasteiger partial charge in [0, 0.05) is 6.42 Å². The summed E-state index contributed by atoms with van der Waals surface area (Å²) in [7, 11) is 1.53. The quantitative estimate of drug-likeness (QED) is 0.230. The molecule has 0 aliphatic carbocycles. The molecule has 0 saturated heterocycles. The van der Waals surface area contributed by atoms with Gasteiger partial charge in [0.05, 0.1) is 30.2 Å². The summed E-state index contributed by atoms with van der Waals surface area (Å²) in [4.78, 5) is 12.8. The molecular formula is C32H26N4O2. The first-order chi connectivity index (χ1) is 18.7. The molecule has 1 atom stereocenters. The Morgan fingerprint density at radius 1 is 0.947 bits per heavy atom. The minimum absolute atomic E-state index is 0.00336. The van der Waals surface area contributed by atoms with Crippen molar-refractivity contribution < 1.29 is 9.53 Å². The third-order valence-electron chi connectivity index (χ3n) is 6.39. The van der Waals surface area contributed by atoms with E-state index in [1.807, 2.05) is 77.8 Å². The van der Waals surface area contributed by atoms with Crippen LogP contribution in [-0.2, 0) is 4.79 Å². The Bertz CT molecular complexity index is 1520. The average Bonchev–Trinajstić information content (AvgIpc) is 3.43. The van der Waals surface area contributed by atoms with Crippen LogP contribution < -0.4 is 15.1 Å². The smallest absolute Gasteiger partial charge is 0.266 e. The second-order valence-electron chi connectivity index (χ2n) is 8.80. The number of carbonyl (C=O) groups excluding carboxylic acids is 1. The number of amides is 1. The summed E-state index contributed by atoms with van der Waals surface area (Å²) in [6, 6.07) is 37.4. The molecule has 1 amide bonds. The monoisotopic (exact) mass is 498 g/mol. The lowest BCUT2D eigenvalue weighted by Gasteiger charge is -2.24. The topological polar surface area (TPSA) is 77.7 Å². The van der Waals surface area contributed by atoms with E-state index in [1.54, 1.807) is 24.3 Å². The van der Waals surface area contributed by atoms with Crippen LogP contribution in [-0.4, -0.2) is 18.7 Å². The Labute approximate surface area is 222 Å². The Hall–Kier alpha value is -5.15. The van der Waals surface area contributed by atoms with Crippen molar-refractivity contribution in [2.45, 2.75) is 12.5 Å². The van der Waals surface area contributed by atoms with Crippen LogP contribution in [0, 0.1) is 11.3 Å². The highest BCUT2D eigenvalue weighted by Gasteiger charge is 2.29. The highest BCUT2D eigenvalue weighted by atomic mass is 16.5. The van der Waals surface area contributed by atoms with Crippen molar-refractivity contribution in [1.29, 1.82) is 5.26 Å². The zero-order chi connectivity index (χ0) is 26.3. The fraction of sp³-hybridized carbons (Fsp3) is 0.0938. The van der Waals surface area contributed by atoms with E-state index in [9.17, 15) is 10.1 Å². The molecule has 0 fully saturated rings. The van der Waals surface area contributed by atoms with Crippen LogP contribution in [0.1, 0.15) is 29.2 Å². The number of carbonyl (C=O) groups is 1. The Kier molecular flexibility index (Phi) is 7.28. The number of anilines is 2. The van der Waals surface area contributed by atoms with Crippen LogP contribution in [0.15, 0.2) is 120 Å². The van der Waals surface area contributed by atoms with Gasteiger partial charge in [0.25, 0.3) is 5.91 Å². The summed E-state index contributed by atoms with van der Waals surface area (Å²) in [6.07, 6.45) is 2.36. The molecule has 4 aromatic rings. The van der Waals surface area contributed by atoms with E-state index in [2.05, 4.69) is 29.6 Å². The standard InChI is InChI=1S/C32H26N4O2/c1-38-31-15-9-8-14-28(31)34-32(37)26(22-33)20-23-16-18-27(19-17-23)36-30(25-12-6-3-7-13-25)21-29(35-36)24-10-4-2-5-11-24/h2-20,30H,21H2,1H3,(H,34,37)/b26-20+. The van der Waals surface area contributed by atoms with Gasteiger partial charge in [-0.05, 0) is 47.0 Å². The van der Waals surface area contributed by atoms with Gasteiger partial charge in [0.2, 0.25) is 0 Å². The van der Waals surface area contributed by atoms with Crippen LogP contribution in [0.2, 0.25) is 0 Å². The predicted octanol–water partition coefficient (Wildman–Crippen LogP) is 6.60. The number of rotatable bonds is 7. The Morgan fingerprint density at radius 3 is 2.29 bits per heavy atom. The fourth-order valence-corrected chi connectivity index (χ4v) is 4.46. The van der Waals surface area contributed by atoms with Gasteiger partial charge >= 0.3 is 0 Å². The van der Waals surface area contributed by atoms with Gasteiger partial charge in [-0.3, -0.25) is 9.80 Å². The number of nitrogens with zero attached hydrogens (tertiary/aromatic N) is 3. The third kappa shape index (κ3) is 5.32. The van der Waals surface area contributed by atoms with Crippen molar-refractivity contribution in [2.24, 2.45) is 5.10 Å². The fourth-order valence-electron chi connectivity index (χ4n) is 4.46. The Balaban J connectivity index is 1.40. The molecule has 38 heavy (non-hydrogen) atoms. The SMILES string of the molecule is COc1ccccc1NC(=O)/C(C#N)=C/c1ccc(N2N=C(c3ccccc3)CC2c2ccccc2)cc1. The molecule has 0 saturated carbocycles. The molecule has 1 aliphatic heterocycles. The van der Waals surface area contributed by atoms with Crippen molar-refractivity contribution in [3.05, 3.63) is 131 Å². The number of ether oxygens (including phenoxy) is 1. The molecule has 1 unspecified atom stereocenters. The molecule has 0 radical (unpaired) electrons. The van der Waals surface area contributed by atoms with Crippen molar-refractivity contribution in [1.82, 2.24) is 0 Å². The number of nitrogens with one attached hydrogen (secondary N) is 1. The first kappa shape index (κ1) is 24.5. The number of hydrogen-bond donors (Lipinski definition) is 1. The molecule has 1 aliphatic rings. The molecule has 1 heterocycles. The van der Waals surface area contributed by atoms with Crippen LogP contribution in [0.25, 0.3) is 6.08 Å². The molecule has 0 aromatic heterocycles. The lowest BCUT2D eigenvalue weighted by Crippen LogP contribution is -2.18. The summed E-state index contributed by atoms with van der Waals surface area (Å²) in [6.45, 7) is 0.